The van der Waals surface area contributed by atoms with Crippen molar-refractivity contribution in [1.82, 2.24) is 10.2 Å². The van der Waals surface area contributed by atoms with Crippen LogP contribution in [0.15, 0.2) is 16.7 Å². The number of aromatic amines is 1. The lowest BCUT2D eigenvalue weighted by atomic mass is 10.2. The molecule has 1 aromatic carbocycles. The minimum atomic E-state index is -0.706. The van der Waals surface area contributed by atoms with Gasteiger partial charge in [0.1, 0.15) is 4.60 Å². The van der Waals surface area contributed by atoms with Crippen LogP contribution in [0.4, 0.5) is 11.4 Å². The minimum absolute atomic E-state index is 0.0856. The Hall–Kier alpha value is -2.03. The number of rotatable bonds is 2. The first kappa shape index (κ1) is 10.5. The molecule has 1 heterocycles. The van der Waals surface area contributed by atoms with E-state index in [2.05, 4.69) is 26.1 Å². The second-order valence-corrected chi connectivity index (χ2v) is 3.71. The van der Waals surface area contributed by atoms with Crippen molar-refractivity contribution in [3.8, 4) is 0 Å². The van der Waals surface area contributed by atoms with Crippen LogP contribution in [0.2, 0.25) is 0 Å². The third-order valence-electron chi connectivity index (χ3n) is 1.98. The average molecular weight is 287 g/mol. The standard InChI is InChI=1S/C7H3BrN4O4/c8-7-4-1-3(11(13)14)2-5(12(15)16)6(4)9-10-7/h1-2H,(H,9,10). The van der Waals surface area contributed by atoms with Gasteiger partial charge in [-0.2, -0.15) is 5.10 Å². The molecule has 0 aliphatic rings. The molecule has 0 aliphatic heterocycles. The van der Waals surface area contributed by atoms with Crippen molar-refractivity contribution in [2.75, 3.05) is 0 Å². The van der Waals surface area contributed by atoms with Gasteiger partial charge in [0.05, 0.1) is 15.9 Å². The quantitative estimate of drug-likeness (QED) is 0.671. The number of non-ortho nitro benzene ring substituents is 2. The smallest absolute Gasteiger partial charge is 0.270 e. The van der Waals surface area contributed by atoms with E-state index in [-0.39, 0.29) is 11.2 Å². The van der Waals surface area contributed by atoms with Gasteiger partial charge < -0.3 is 0 Å². The third-order valence-corrected chi connectivity index (χ3v) is 2.59. The Morgan fingerprint density at radius 3 is 2.50 bits per heavy atom. The Balaban J connectivity index is 2.86. The summed E-state index contributed by atoms with van der Waals surface area (Å²) in [5.74, 6) is 0. The molecule has 0 bridgehead atoms. The number of hydrogen-bond donors (Lipinski definition) is 1. The number of H-pyrrole nitrogens is 1. The Kier molecular flexibility index (Phi) is 2.31. The molecular weight excluding hydrogens is 284 g/mol. The van der Waals surface area contributed by atoms with Gasteiger partial charge in [-0.05, 0) is 15.9 Å². The second-order valence-electron chi connectivity index (χ2n) is 2.91. The van der Waals surface area contributed by atoms with E-state index in [1.54, 1.807) is 0 Å². The molecule has 0 saturated carbocycles. The number of nitro benzene ring substituents is 2. The van der Waals surface area contributed by atoms with Gasteiger partial charge in [0, 0.05) is 11.5 Å². The van der Waals surface area contributed by atoms with Gasteiger partial charge in [0.15, 0.2) is 5.52 Å². The van der Waals surface area contributed by atoms with E-state index in [0.29, 0.717) is 9.99 Å². The molecule has 0 saturated heterocycles. The van der Waals surface area contributed by atoms with E-state index in [4.69, 9.17) is 0 Å². The summed E-state index contributed by atoms with van der Waals surface area (Å²) in [6.07, 6.45) is 0. The molecule has 0 fully saturated rings. The van der Waals surface area contributed by atoms with Gasteiger partial charge in [-0.1, -0.05) is 0 Å². The van der Waals surface area contributed by atoms with Crippen LogP contribution < -0.4 is 0 Å². The number of fused-ring (bicyclic) bond motifs is 1. The molecule has 0 radical (unpaired) electrons. The molecule has 0 atom stereocenters. The molecule has 16 heavy (non-hydrogen) atoms. The molecule has 0 amide bonds. The van der Waals surface area contributed by atoms with Gasteiger partial charge >= 0.3 is 5.69 Å². The fourth-order valence-electron chi connectivity index (χ4n) is 1.30. The van der Waals surface area contributed by atoms with E-state index >= 15 is 0 Å². The number of nitrogens with zero attached hydrogens (tertiary/aromatic N) is 3. The molecule has 0 spiro atoms. The summed E-state index contributed by atoms with van der Waals surface area (Å²) in [7, 11) is 0. The van der Waals surface area contributed by atoms with Crippen molar-refractivity contribution < 1.29 is 9.85 Å². The van der Waals surface area contributed by atoms with Crippen molar-refractivity contribution >= 4 is 38.2 Å². The number of nitro groups is 2. The van der Waals surface area contributed by atoms with Crippen molar-refractivity contribution in [3.63, 3.8) is 0 Å². The van der Waals surface area contributed by atoms with Crippen LogP contribution in [0.5, 0.6) is 0 Å². The third kappa shape index (κ3) is 1.50. The Morgan fingerprint density at radius 1 is 1.25 bits per heavy atom. The number of halogens is 1. The van der Waals surface area contributed by atoms with Gasteiger partial charge in [-0.25, -0.2) is 0 Å². The maximum absolute atomic E-state index is 10.7. The Morgan fingerprint density at radius 2 is 1.94 bits per heavy atom. The van der Waals surface area contributed by atoms with E-state index in [9.17, 15) is 20.2 Å². The topological polar surface area (TPSA) is 115 Å². The van der Waals surface area contributed by atoms with E-state index in [1.165, 1.54) is 6.07 Å². The van der Waals surface area contributed by atoms with Crippen molar-refractivity contribution in [2.24, 2.45) is 0 Å². The van der Waals surface area contributed by atoms with Crippen LogP contribution in [0.3, 0.4) is 0 Å². The molecule has 1 aromatic heterocycles. The van der Waals surface area contributed by atoms with Crippen LogP contribution in [0.1, 0.15) is 0 Å². The molecule has 0 unspecified atom stereocenters. The van der Waals surface area contributed by atoms with Crippen molar-refractivity contribution in [3.05, 3.63) is 37.0 Å². The zero-order chi connectivity index (χ0) is 11.9. The van der Waals surface area contributed by atoms with Crippen molar-refractivity contribution in [1.29, 1.82) is 0 Å². The summed E-state index contributed by atoms with van der Waals surface area (Å²) in [5, 5.41) is 27.8. The molecule has 2 rings (SSSR count). The minimum Gasteiger partial charge on any atom is -0.270 e. The zero-order valence-corrected chi connectivity index (χ0v) is 9.09. The van der Waals surface area contributed by atoms with Crippen LogP contribution in [-0.2, 0) is 0 Å². The fraction of sp³-hybridized carbons (Fsp3) is 0. The summed E-state index contributed by atoms with van der Waals surface area (Å²) >= 11 is 3.07. The summed E-state index contributed by atoms with van der Waals surface area (Å²) in [5.41, 5.74) is -0.657. The van der Waals surface area contributed by atoms with Crippen molar-refractivity contribution in [2.45, 2.75) is 0 Å². The summed E-state index contributed by atoms with van der Waals surface area (Å²) in [6, 6.07) is 2.10. The van der Waals surface area contributed by atoms with E-state index in [1.807, 2.05) is 0 Å². The molecule has 9 heteroatoms. The Bertz CT molecular complexity index is 608. The number of nitrogens with one attached hydrogen (secondary N) is 1. The fourth-order valence-corrected chi connectivity index (χ4v) is 1.69. The highest BCUT2D eigenvalue weighted by Gasteiger charge is 2.22. The van der Waals surface area contributed by atoms with Crippen LogP contribution in [0.25, 0.3) is 10.9 Å². The molecule has 82 valence electrons. The molecule has 8 nitrogen and oxygen atoms in total. The second kappa shape index (κ2) is 3.52. The zero-order valence-electron chi connectivity index (χ0n) is 7.51. The van der Waals surface area contributed by atoms with Crippen LogP contribution >= 0.6 is 15.9 Å². The van der Waals surface area contributed by atoms with E-state index < -0.39 is 15.5 Å². The summed E-state index contributed by atoms with van der Waals surface area (Å²) in [4.78, 5) is 19.9. The lowest BCUT2D eigenvalue weighted by Crippen LogP contribution is -1.93. The highest BCUT2D eigenvalue weighted by Crippen LogP contribution is 2.32. The Labute approximate surface area is 95.7 Å². The van der Waals surface area contributed by atoms with Crippen LogP contribution in [-0.4, -0.2) is 20.0 Å². The van der Waals surface area contributed by atoms with Gasteiger partial charge in [-0.3, -0.25) is 25.3 Å². The maximum Gasteiger partial charge on any atom is 0.304 e. The number of hydrogen-bond acceptors (Lipinski definition) is 5. The monoisotopic (exact) mass is 286 g/mol. The first-order valence-electron chi connectivity index (χ1n) is 3.97. The van der Waals surface area contributed by atoms with Gasteiger partial charge in [0.25, 0.3) is 5.69 Å². The van der Waals surface area contributed by atoms with Gasteiger partial charge in [0.2, 0.25) is 0 Å². The predicted molar refractivity (Wildman–Crippen MR) is 57.1 cm³/mol. The predicted octanol–water partition coefficient (Wildman–Crippen LogP) is 2.14. The van der Waals surface area contributed by atoms with Gasteiger partial charge in [-0.15, -0.1) is 0 Å². The number of benzene rings is 1. The van der Waals surface area contributed by atoms with E-state index in [0.717, 1.165) is 6.07 Å². The SMILES string of the molecule is O=[N+]([O-])c1cc([N+](=O)[O-])c2n[nH]c(Br)c2c1. The van der Waals surface area contributed by atoms with Crippen LogP contribution in [0, 0.1) is 20.2 Å². The largest absolute Gasteiger partial charge is 0.304 e. The lowest BCUT2D eigenvalue weighted by Gasteiger charge is -1.94. The number of aromatic nitrogens is 2. The summed E-state index contributed by atoms with van der Waals surface area (Å²) < 4.78 is 0.370. The average Bonchev–Trinajstić information content (AvgIpc) is 2.59. The normalized spacial score (nSPS) is 10.6. The summed E-state index contributed by atoms with van der Waals surface area (Å²) in [6.45, 7) is 0. The highest BCUT2D eigenvalue weighted by molar-refractivity contribution is 9.10. The molecule has 0 aliphatic carbocycles. The molecule has 1 N–H and O–H groups in total. The molecule has 2 aromatic rings. The highest BCUT2D eigenvalue weighted by atomic mass is 79.9. The first-order chi connectivity index (χ1) is 7.50. The maximum atomic E-state index is 10.7. The lowest BCUT2D eigenvalue weighted by molar-refractivity contribution is -0.393. The first-order valence-corrected chi connectivity index (χ1v) is 4.76. The molecular formula is C7H3BrN4O4.